The van der Waals surface area contributed by atoms with E-state index in [1.165, 1.54) is 10.9 Å². The Morgan fingerprint density at radius 3 is 2.80 bits per heavy atom. The summed E-state index contributed by atoms with van der Waals surface area (Å²) < 4.78 is 20.5. The fourth-order valence-electron chi connectivity index (χ4n) is 2.73. The van der Waals surface area contributed by atoms with Crippen molar-refractivity contribution in [1.82, 2.24) is 25.0 Å². The SMILES string of the molecule is COc1ccc2cc(-c3nnn(-c4cccnc4F)c3C)ccc2n1. The molecule has 6 nitrogen and oxygen atoms in total. The van der Waals surface area contributed by atoms with E-state index in [-0.39, 0.29) is 5.69 Å². The molecule has 0 atom stereocenters. The van der Waals surface area contributed by atoms with Gasteiger partial charge in [-0.1, -0.05) is 11.3 Å². The lowest BCUT2D eigenvalue weighted by Gasteiger charge is -2.05. The second kappa shape index (κ2) is 5.94. The van der Waals surface area contributed by atoms with Crippen LogP contribution in [0.1, 0.15) is 5.69 Å². The summed E-state index contributed by atoms with van der Waals surface area (Å²) in [6.45, 7) is 1.85. The zero-order chi connectivity index (χ0) is 17.4. The van der Waals surface area contributed by atoms with Crippen LogP contribution in [0.5, 0.6) is 5.88 Å². The van der Waals surface area contributed by atoms with E-state index in [0.717, 1.165) is 22.2 Å². The Morgan fingerprint density at radius 1 is 1.12 bits per heavy atom. The fraction of sp³-hybridized carbons (Fsp3) is 0.111. The van der Waals surface area contributed by atoms with Crippen LogP contribution in [0.15, 0.2) is 48.7 Å². The molecule has 0 aliphatic heterocycles. The first-order chi connectivity index (χ1) is 12.2. The Balaban J connectivity index is 1.80. The summed E-state index contributed by atoms with van der Waals surface area (Å²) in [5, 5.41) is 9.26. The molecular weight excluding hydrogens is 321 g/mol. The largest absolute Gasteiger partial charge is 0.481 e. The van der Waals surface area contributed by atoms with Gasteiger partial charge in [-0.05, 0) is 37.3 Å². The summed E-state index contributed by atoms with van der Waals surface area (Å²) in [4.78, 5) is 8.05. The summed E-state index contributed by atoms with van der Waals surface area (Å²) in [6, 6.07) is 12.8. The lowest BCUT2D eigenvalue weighted by molar-refractivity contribution is 0.399. The van der Waals surface area contributed by atoms with Crippen molar-refractivity contribution in [3.05, 3.63) is 60.3 Å². The summed E-state index contributed by atoms with van der Waals surface area (Å²) >= 11 is 0. The van der Waals surface area contributed by atoms with Crippen LogP contribution in [0.2, 0.25) is 0 Å². The summed E-state index contributed by atoms with van der Waals surface area (Å²) in [6.07, 6.45) is 1.40. The van der Waals surface area contributed by atoms with Crippen LogP contribution in [0.25, 0.3) is 27.8 Å². The van der Waals surface area contributed by atoms with Crippen LogP contribution in [0.4, 0.5) is 4.39 Å². The highest BCUT2D eigenvalue weighted by molar-refractivity contribution is 5.84. The number of methoxy groups -OCH3 is 1. The van der Waals surface area contributed by atoms with Crippen LogP contribution < -0.4 is 4.74 Å². The molecule has 0 radical (unpaired) electrons. The number of ether oxygens (including phenoxy) is 1. The minimum absolute atomic E-state index is 0.269. The van der Waals surface area contributed by atoms with Gasteiger partial charge < -0.3 is 4.74 Å². The van der Waals surface area contributed by atoms with Crippen LogP contribution in [0, 0.1) is 12.9 Å². The molecule has 0 saturated carbocycles. The van der Waals surface area contributed by atoms with E-state index in [9.17, 15) is 4.39 Å². The molecule has 1 aromatic carbocycles. The highest BCUT2D eigenvalue weighted by Gasteiger charge is 2.15. The molecule has 0 aliphatic carbocycles. The monoisotopic (exact) mass is 335 g/mol. The van der Waals surface area contributed by atoms with Gasteiger partial charge in [0.15, 0.2) is 0 Å². The third-order valence-electron chi connectivity index (χ3n) is 4.01. The molecule has 3 heterocycles. The van der Waals surface area contributed by atoms with Crippen molar-refractivity contribution in [2.45, 2.75) is 6.92 Å². The molecule has 3 aromatic heterocycles. The van der Waals surface area contributed by atoms with Crippen LogP contribution >= 0.6 is 0 Å². The van der Waals surface area contributed by atoms with Gasteiger partial charge in [0, 0.05) is 23.2 Å². The number of hydrogen-bond acceptors (Lipinski definition) is 5. The Kier molecular flexibility index (Phi) is 3.61. The van der Waals surface area contributed by atoms with E-state index in [2.05, 4.69) is 20.3 Å². The molecule has 0 unspecified atom stereocenters. The Labute approximate surface area is 142 Å². The predicted octanol–water partition coefficient (Wildman–Crippen LogP) is 3.33. The average Bonchev–Trinajstić information content (AvgIpc) is 3.02. The lowest BCUT2D eigenvalue weighted by atomic mass is 10.1. The molecule has 4 rings (SSSR count). The average molecular weight is 335 g/mol. The van der Waals surface area contributed by atoms with Crippen LogP contribution in [-0.2, 0) is 0 Å². The highest BCUT2D eigenvalue weighted by atomic mass is 19.1. The maximum Gasteiger partial charge on any atom is 0.238 e. The maximum absolute atomic E-state index is 13.9. The molecule has 124 valence electrons. The second-order valence-corrected chi connectivity index (χ2v) is 5.51. The minimum Gasteiger partial charge on any atom is -0.481 e. The molecule has 0 spiro atoms. The van der Waals surface area contributed by atoms with Gasteiger partial charge in [0.1, 0.15) is 11.4 Å². The van der Waals surface area contributed by atoms with Crippen LogP contribution in [-0.4, -0.2) is 32.1 Å². The van der Waals surface area contributed by atoms with Gasteiger partial charge in [0.25, 0.3) is 0 Å². The summed E-state index contributed by atoms with van der Waals surface area (Å²) in [5.74, 6) is -0.0220. The third-order valence-corrected chi connectivity index (χ3v) is 4.01. The van der Waals surface area contributed by atoms with E-state index in [1.807, 2.05) is 31.2 Å². The van der Waals surface area contributed by atoms with Gasteiger partial charge >= 0.3 is 0 Å². The molecule has 4 aromatic rings. The lowest BCUT2D eigenvalue weighted by Crippen LogP contribution is -2.03. The van der Waals surface area contributed by atoms with Crippen molar-refractivity contribution in [2.75, 3.05) is 7.11 Å². The van der Waals surface area contributed by atoms with Crippen LogP contribution in [0.3, 0.4) is 0 Å². The highest BCUT2D eigenvalue weighted by Crippen LogP contribution is 2.27. The van der Waals surface area contributed by atoms with Crippen molar-refractivity contribution < 1.29 is 9.13 Å². The zero-order valence-electron chi connectivity index (χ0n) is 13.6. The Bertz CT molecular complexity index is 1080. The number of nitrogens with zero attached hydrogens (tertiary/aromatic N) is 5. The first-order valence-electron chi connectivity index (χ1n) is 7.66. The van der Waals surface area contributed by atoms with E-state index < -0.39 is 5.95 Å². The molecule has 25 heavy (non-hydrogen) atoms. The quantitative estimate of drug-likeness (QED) is 0.537. The number of aromatic nitrogens is 5. The van der Waals surface area contributed by atoms with Gasteiger partial charge in [-0.25, -0.2) is 14.6 Å². The van der Waals surface area contributed by atoms with Gasteiger partial charge in [0.05, 0.1) is 18.3 Å². The van der Waals surface area contributed by atoms with Crippen molar-refractivity contribution in [2.24, 2.45) is 0 Å². The fourth-order valence-corrected chi connectivity index (χ4v) is 2.73. The first kappa shape index (κ1) is 15.2. The molecule has 7 heteroatoms. The predicted molar refractivity (Wildman–Crippen MR) is 91.1 cm³/mol. The summed E-state index contributed by atoms with van der Waals surface area (Å²) in [7, 11) is 1.59. The van der Waals surface area contributed by atoms with Gasteiger partial charge in [-0.15, -0.1) is 5.10 Å². The molecule has 0 amide bonds. The van der Waals surface area contributed by atoms with Crippen molar-refractivity contribution in [3.8, 4) is 22.8 Å². The first-order valence-corrected chi connectivity index (χ1v) is 7.66. The number of fused-ring (bicyclic) bond motifs is 1. The number of rotatable bonds is 3. The van der Waals surface area contributed by atoms with E-state index in [4.69, 9.17) is 4.74 Å². The van der Waals surface area contributed by atoms with Crippen molar-refractivity contribution in [1.29, 1.82) is 0 Å². The normalized spacial score (nSPS) is 11.0. The number of benzene rings is 1. The molecule has 0 aliphatic rings. The van der Waals surface area contributed by atoms with E-state index in [1.54, 1.807) is 25.3 Å². The smallest absolute Gasteiger partial charge is 0.238 e. The van der Waals surface area contributed by atoms with Gasteiger partial charge in [0.2, 0.25) is 11.8 Å². The number of pyridine rings is 2. The Morgan fingerprint density at radius 2 is 2.00 bits per heavy atom. The second-order valence-electron chi connectivity index (χ2n) is 5.51. The number of hydrogen-bond donors (Lipinski definition) is 0. The van der Waals surface area contributed by atoms with Gasteiger partial charge in [-0.3, -0.25) is 0 Å². The molecule has 0 bridgehead atoms. The summed E-state index contributed by atoms with van der Waals surface area (Å²) in [5.41, 5.74) is 3.39. The number of halogens is 1. The zero-order valence-corrected chi connectivity index (χ0v) is 13.6. The molecule has 0 saturated heterocycles. The van der Waals surface area contributed by atoms with E-state index in [0.29, 0.717) is 11.6 Å². The Hall–Kier alpha value is -3.35. The third kappa shape index (κ3) is 2.59. The van der Waals surface area contributed by atoms with Gasteiger partial charge in [-0.2, -0.15) is 4.39 Å². The topological polar surface area (TPSA) is 65.7 Å². The molecule has 0 fully saturated rings. The van der Waals surface area contributed by atoms with E-state index >= 15 is 0 Å². The van der Waals surface area contributed by atoms with Crippen molar-refractivity contribution in [3.63, 3.8) is 0 Å². The van der Waals surface area contributed by atoms with Crippen molar-refractivity contribution >= 4 is 10.9 Å². The molecule has 0 N–H and O–H groups in total. The standard InChI is InChI=1S/C18H14FN5O/c1-11-17(22-23-24(11)15-4-3-9-20-18(15)19)13-5-7-14-12(10-13)6-8-16(21-14)25-2/h3-10H,1-2H3. The minimum atomic E-state index is -0.586. The maximum atomic E-state index is 13.9. The molecular formula is C18H14FN5O.